The molecule has 7 heteroatoms. The number of benzene rings is 1. The van der Waals surface area contributed by atoms with Crippen molar-refractivity contribution in [3.63, 3.8) is 0 Å². The van der Waals surface area contributed by atoms with E-state index in [4.69, 9.17) is 0 Å². The first-order valence-electron chi connectivity index (χ1n) is 6.75. The van der Waals surface area contributed by atoms with Gasteiger partial charge < -0.3 is 4.74 Å². The zero-order chi connectivity index (χ0) is 15.5. The van der Waals surface area contributed by atoms with Crippen LogP contribution in [0.3, 0.4) is 0 Å². The third-order valence-electron chi connectivity index (χ3n) is 3.42. The molecule has 0 spiro atoms. The van der Waals surface area contributed by atoms with E-state index in [2.05, 4.69) is 11.7 Å². The molecule has 1 heterocycles. The Morgan fingerprint density at radius 1 is 1.38 bits per heavy atom. The second-order valence-corrected chi connectivity index (χ2v) is 8.38. The number of hydrogen-bond donors (Lipinski definition) is 0. The highest BCUT2D eigenvalue weighted by Gasteiger charge is 2.27. The molecule has 1 saturated heterocycles. The molecule has 1 aromatic carbocycles. The van der Waals surface area contributed by atoms with Gasteiger partial charge in [-0.2, -0.15) is 16.1 Å². The van der Waals surface area contributed by atoms with Crippen molar-refractivity contribution in [2.24, 2.45) is 0 Å². The van der Waals surface area contributed by atoms with Crippen molar-refractivity contribution >= 4 is 27.8 Å². The Balaban J connectivity index is 2.28. The van der Waals surface area contributed by atoms with Crippen LogP contribution in [0.5, 0.6) is 0 Å². The lowest BCUT2D eigenvalue weighted by molar-refractivity contribution is 0.0600. The van der Waals surface area contributed by atoms with Crippen molar-refractivity contribution in [1.82, 2.24) is 4.31 Å². The molecule has 0 aromatic heterocycles. The first-order chi connectivity index (χ1) is 9.95. The standard InChI is InChI=1S/C14H19NO4S2/c1-11-6-7-15(8-9-20-11)21(17,18)13-5-3-4-12(10-13)14(16)19-2/h3-5,10-11H,6-9H2,1-2H3/t11-/m0/s1. The van der Waals surface area contributed by atoms with E-state index in [1.807, 2.05) is 0 Å². The van der Waals surface area contributed by atoms with Crippen molar-refractivity contribution in [2.75, 3.05) is 26.0 Å². The van der Waals surface area contributed by atoms with Crippen LogP contribution in [0, 0.1) is 0 Å². The van der Waals surface area contributed by atoms with Gasteiger partial charge >= 0.3 is 5.97 Å². The summed E-state index contributed by atoms with van der Waals surface area (Å²) in [5.74, 6) is 0.254. The quantitative estimate of drug-likeness (QED) is 0.794. The lowest BCUT2D eigenvalue weighted by Gasteiger charge is -2.20. The molecule has 0 radical (unpaired) electrons. The third kappa shape index (κ3) is 3.78. The normalized spacial score (nSPS) is 20.8. The van der Waals surface area contributed by atoms with Crippen LogP contribution in [-0.4, -0.2) is 49.9 Å². The van der Waals surface area contributed by atoms with Crippen LogP contribution in [0.1, 0.15) is 23.7 Å². The van der Waals surface area contributed by atoms with Gasteiger partial charge in [-0.15, -0.1) is 0 Å². The molecule has 1 aliphatic heterocycles. The van der Waals surface area contributed by atoms with Gasteiger partial charge in [0, 0.05) is 24.1 Å². The van der Waals surface area contributed by atoms with Gasteiger partial charge in [0.25, 0.3) is 0 Å². The Kier molecular flexibility index (Phi) is 5.29. The Bertz CT molecular complexity index is 615. The highest BCUT2D eigenvalue weighted by atomic mass is 32.2. The Labute approximate surface area is 129 Å². The lowest BCUT2D eigenvalue weighted by Crippen LogP contribution is -2.33. The third-order valence-corrected chi connectivity index (χ3v) is 6.54. The maximum atomic E-state index is 12.7. The molecule has 0 saturated carbocycles. The summed E-state index contributed by atoms with van der Waals surface area (Å²) in [7, 11) is -2.29. The largest absolute Gasteiger partial charge is 0.465 e. The molecule has 2 rings (SSSR count). The van der Waals surface area contributed by atoms with Gasteiger partial charge in [-0.1, -0.05) is 13.0 Å². The van der Waals surface area contributed by atoms with Gasteiger partial charge in [0.1, 0.15) is 0 Å². The average Bonchev–Trinajstić information content (AvgIpc) is 2.71. The van der Waals surface area contributed by atoms with Crippen LogP contribution >= 0.6 is 11.8 Å². The predicted molar refractivity (Wildman–Crippen MR) is 83.1 cm³/mol. The van der Waals surface area contributed by atoms with Gasteiger partial charge in [0.2, 0.25) is 10.0 Å². The Morgan fingerprint density at radius 3 is 2.86 bits per heavy atom. The summed E-state index contributed by atoms with van der Waals surface area (Å²) >= 11 is 1.79. The number of carbonyl (C=O) groups is 1. The fraction of sp³-hybridized carbons (Fsp3) is 0.500. The van der Waals surface area contributed by atoms with E-state index in [9.17, 15) is 13.2 Å². The van der Waals surface area contributed by atoms with E-state index in [0.717, 1.165) is 12.2 Å². The maximum Gasteiger partial charge on any atom is 0.337 e. The number of sulfonamides is 1. The summed E-state index contributed by atoms with van der Waals surface area (Å²) in [5, 5.41) is 0.464. The molecule has 1 aromatic rings. The van der Waals surface area contributed by atoms with E-state index in [1.165, 1.54) is 23.5 Å². The molecule has 1 fully saturated rings. The summed E-state index contributed by atoms with van der Waals surface area (Å²) in [4.78, 5) is 11.7. The van der Waals surface area contributed by atoms with Crippen LogP contribution in [0.4, 0.5) is 0 Å². The molecule has 21 heavy (non-hydrogen) atoms. The molecule has 0 N–H and O–H groups in total. The number of thioether (sulfide) groups is 1. The van der Waals surface area contributed by atoms with Crippen LogP contribution in [-0.2, 0) is 14.8 Å². The molecule has 0 bridgehead atoms. The summed E-state index contributed by atoms with van der Waals surface area (Å²) in [5.41, 5.74) is 0.246. The number of methoxy groups -OCH3 is 1. The first kappa shape index (κ1) is 16.3. The average molecular weight is 329 g/mol. The Hall–Kier alpha value is -1.05. The highest BCUT2D eigenvalue weighted by Crippen LogP contribution is 2.24. The van der Waals surface area contributed by atoms with E-state index in [-0.39, 0.29) is 10.5 Å². The van der Waals surface area contributed by atoms with Crippen molar-refractivity contribution in [1.29, 1.82) is 0 Å². The minimum absolute atomic E-state index is 0.143. The summed E-state index contributed by atoms with van der Waals surface area (Å²) < 4.78 is 31.5. The van der Waals surface area contributed by atoms with Gasteiger partial charge in [-0.05, 0) is 24.6 Å². The number of hydrogen-bond acceptors (Lipinski definition) is 5. The number of rotatable bonds is 3. The second-order valence-electron chi connectivity index (χ2n) is 4.89. The smallest absolute Gasteiger partial charge is 0.337 e. The maximum absolute atomic E-state index is 12.7. The van der Waals surface area contributed by atoms with Gasteiger partial charge in [-0.25, -0.2) is 13.2 Å². The molecule has 0 aliphatic carbocycles. The molecule has 116 valence electrons. The van der Waals surface area contributed by atoms with Crippen molar-refractivity contribution < 1.29 is 17.9 Å². The molecule has 0 amide bonds. The monoisotopic (exact) mass is 329 g/mol. The molecule has 1 atom stereocenters. The van der Waals surface area contributed by atoms with Crippen LogP contribution in [0.2, 0.25) is 0 Å². The number of esters is 1. The molecular weight excluding hydrogens is 310 g/mol. The number of ether oxygens (including phenoxy) is 1. The van der Waals surface area contributed by atoms with Crippen LogP contribution in [0.15, 0.2) is 29.2 Å². The molecule has 0 unspecified atom stereocenters. The van der Waals surface area contributed by atoms with E-state index in [0.29, 0.717) is 18.3 Å². The summed E-state index contributed by atoms with van der Waals surface area (Å²) in [6.45, 7) is 3.12. The predicted octanol–water partition coefficient (Wildman–Crippen LogP) is 1.99. The first-order valence-corrected chi connectivity index (χ1v) is 9.24. The minimum atomic E-state index is -3.56. The second kappa shape index (κ2) is 6.81. The van der Waals surface area contributed by atoms with Gasteiger partial charge in [0.05, 0.1) is 17.6 Å². The highest BCUT2D eigenvalue weighted by molar-refractivity contribution is 8.00. The van der Waals surface area contributed by atoms with E-state index in [1.54, 1.807) is 23.9 Å². The van der Waals surface area contributed by atoms with E-state index >= 15 is 0 Å². The fourth-order valence-electron chi connectivity index (χ4n) is 2.17. The minimum Gasteiger partial charge on any atom is -0.465 e. The van der Waals surface area contributed by atoms with Gasteiger partial charge in [0.15, 0.2) is 0 Å². The molecule has 5 nitrogen and oxygen atoms in total. The molecule has 1 aliphatic rings. The summed E-state index contributed by atoms with van der Waals surface area (Å²) in [6, 6.07) is 6.01. The number of nitrogens with zero attached hydrogens (tertiary/aromatic N) is 1. The van der Waals surface area contributed by atoms with Crippen LogP contribution in [0.25, 0.3) is 0 Å². The lowest BCUT2D eigenvalue weighted by atomic mass is 10.2. The topological polar surface area (TPSA) is 63.7 Å². The van der Waals surface area contributed by atoms with Crippen molar-refractivity contribution in [2.45, 2.75) is 23.5 Å². The Morgan fingerprint density at radius 2 is 2.14 bits per heavy atom. The SMILES string of the molecule is COC(=O)c1cccc(S(=O)(=O)N2CCS[C@@H](C)CC2)c1. The number of carbonyl (C=O) groups excluding carboxylic acids is 1. The van der Waals surface area contributed by atoms with Crippen molar-refractivity contribution in [3.05, 3.63) is 29.8 Å². The van der Waals surface area contributed by atoms with Gasteiger partial charge in [-0.3, -0.25) is 0 Å². The zero-order valence-corrected chi connectivity index (χ0v) is 13.7. The fourth-order valence-corrected chi connectivity index (χ4v) is 4.79. The van der Waals surface area contributed by atoms with Crippen molar-refractivity contribution in [3.8, 4) is 0 Å². The zero-order valence-electron chi connectivity index (χ0n) is 12.1. The van der Waals surface area contributed by atoms with E-state index < -0.39 is 16.0 Å². The summed E-state index contributed by atoms with van der Waals surface area (Å²) in [6.07, 6.45) is 0.834. The molecular formula is C14H19NO4S2. The van der Waals surface area contributed by atoms with Crippen LogP contribution < -0.4 is 0 Å².